The van der Waals surface area contributed by atoms with E-state index in [0.29, 0.717) is 5.54 Å². The molecule has 1 fully saturated rings. The Bertz CT molecular complexity index is 151. The third-order valence-electron chi connectivity index (χ3n) is 1.96. The number of rotatable bonds is 2. The third kappa shape index (κ3) is 1.22. The smallest absolute Gasteiger partial charge is 0.0649 e. The number of allylic oxidation sites excluding steroid dienone is 1. The molecule has 1 aliphatic heterocycles. The van der Waals surface area contributed by atoms with Gasteiger partial charge in [-0.3, -0.25) is 0 Å². The van der Waals surface area contributed by atoms with Crippen LogP contribution in [0, 0.1) is 0 Å². The van der Waals surface area contributed by atoms with Crippen molar-refractivity contribution in [3.63, 3.8) is 0 Å². The Kier molecular flexibility index (Phi) is 1.84. The molecular formula is C8H16N2. The molecule has 58 valence electrons. The molecule has 2 nitrogen and oxygen atoms in total. The quantitative estimate of drug-likeness (QED) is 0.419. The minimum atomic E-state index is 0.318. The van der Waals surface area contributed by atoms with Crippen LogP contribution in [0.1, 0.15) is 13.8 Å². The zero-order chi connectivity index (χ0) is 7.78. The van der Waals surface area contributed by atoms with Gasteiger partial charge in [0.25, 0.3) is 0 Å². The van der Waals surface area contributed by atoms with E-state index in [1.165, 1.54) is 0 Å². The van der Waals surface area contributed by atoms with Crippen molar-refractivity contribution in [3.8, 4) is 0 Å². The SMILES string of the molecule is C/C=C/C1(C)CN1N(C)C. The van der Waals surface area contributed by atoms with Crippen LogP contribution >= 0.6 is 0 Å². The van der Waals surface area contributed by atoms with Crippen molar-refractivity contribution in [2.75, 3.05) is 20.6 Å². The van der Waals surface area contributed by atoms with Crippen LogP contribution in [0.25, 0.3) is 0 Å². The molecule has 2 heteroatoms. The normalized spacial score (nSPS) is 39.5. The van der Waals surface area contributed by atoms with Gasteiger partial charge in [0.2, 0.25) is 0 Å². The molecule has 1 saturated heterocycles. The summed E-state index contributed by atoms with van der Waals surface area (Å²) < 4.78 is 0. The minimum Gasteiger partial charge on any atom is -0.247 e. The highest BCUT2D eigenvalue weighted by molar-refractivity contribution is 5.15. The lowest BCUT2D eigenvalue weighted by Gasteiger charge is -2.14. The van der Waals surface area contributed by atoms with Crippen LogP contribution in [0.3, 0.4) is 0 Å². The summed E-state index contributed by atoms with van der Waals surface area (Å²) in [4.78, 5) is 0. The molecule has 0 saturated carbocycles. The van der Waals surface area contributed by atoms with Gasteiger partial charge in [-0.2, -0.15) is 0 Å². The standard InChI is InChI=1S/C8H16N2/c1-5-6-8(2)7-10(8)9(3)4/h5-6H,7H2,1-4H3/b6-5+. The molecule has 1 heterocycles. The van der Waals surface area contributed by atoms with Crippen molar-refractivity contribution < 1.29 is 0 Å². The summed E-state index contributed by atoms with van der Waals surface area (Å²) in [5, 5.41) is 4.45. The summed E-state index contributed by atoms with van der Waals surface area (Å²) in [7, 11) is 4.16. The summed E-state index contributed by atoms with van der Waals surface area (Å²) in [5.74, 6) is 0. The summed E-state index contributed by atoms with van der Waals surface area (Å²) in [6, 6.07) is 0. The average Bonchev–Trinajstić information content (AvgIpc) is 2.43. The molecule has 1 rings (SSSR count). The summed E-state index contributed by atoms with van der Waals surface area (Å²) in [5.41, 5.74) is 0.318. The largest absolute Gasteiger partial charge is 0.247 e. The molecule has 1 aliphatic rings. The van der Waals surface area contributed by atoms with Gasteiger partial charge in [0, 0.05) is 20.6 Å². The molecule has 0 aliphatic carbocycles. The van der Waals surface area contributed by atoms with E-state index in [4.69, 9.17) is 0 Å². The van der Waals surface area contributed by atoms with E-state index in [9.17, 15) is 0 Å². The van der Waals surface area contributed by atoms with E-state index in [1.807, 2.05) is 0 Å². The second-order valence-electron chi connectivity index (χ2n) is 3.26. The lowest BCUT2D eigenvalue weighted by Crippen LogP contribution is -2.25. The third-order valence-corrected chi connectivity index (χ3v) is 1.96. The van der Waals surface area contributed by atoms with Gasteiger partial charge in [-0.15, -0.1) is 0 Å². The fourth-order valence-corrected chi connectivity index (χ4v) is 1.36. The van der Waals surface area contributed by atoms with Gasteiger partial charge < -0.3 is 0 Å². The maximum absolute atomic E-state index is 2.31. The van der Waals surface area contributed by atoms with Crippen LogP contribution in [0.15, 0.2) is 12.2 Å². The van der Waals surface area contributed by atoms with Gasteiger partial charge in [0.15, 0.2) is 0 Å². The summed E-state index contributed by atoms with van der Waals surface area (Å²) in [6.07, 6.45) is 4.36. The monoisotopic (exact) mass is 140 g/mol. The lowest BCUT2D eigenvalue weighted by atomic mass is 10.2. The molecule has 0 radical (unpaired) electrons. The maximum atomic E-state index is 2.31. The Morgan fingerprint density at radius 3 is 2.40 bits per heavy atom. The Morgan fingerprint density at radius 1 is 1.50 bits per heavy atom. The topological polar surface area (TPSA) is 6.25 Å². The molecule has 0 amide bonds. The predicted octanol–water partition coefficient (Wildman–Crippen LogP) is 1.11. The molecular weight excluding hydrogens is 124 g/mol. The highest BCUT2D eigenvalue weighted by atomic mass is 15.7. The zero-order valence-corrected chi connectivity index (χ0v) is 7.26. The van der Waals surface area contributed by atoms with Gasteiger partial charge >= 0.3 is 0 Å². The fraction of sp³-hybridized carbons (Fsp3) is 0.750. The van der Waals surface area contributed by atoms with Crippen LogP contribution in [0.4, 0.5) is 0 Å². The molecule has 2 unspecified atom stereocenters. The first-order valence-corrected chi connectivity index (χ1v) is 3.69. The number of hydrogen-bond donors (Lipinski definition) is 0. The first-order valence-electron chi connectivity index (χ1n) is 3.69. The van der Waals surface area contributed by atoms with E-state index in [0.717, 1.165) is 6.54 Å². The molecule has 0 aromatic carbocycles. The maximum Gasteiger partial charge on any atom is 0.0649 e. The summed E-state index contributed by atoms with van der Waals surface area (Å²) >= 11 is 0. The molecule has 0 spiro atoms. The zero-order valence-electron chi connectivity index (χ0n) is 7.26. The van der Waals surface area contributed by atoms with Crippen molar-refractivity contribution in [3.05, 3.63) is 12.2 Å². The van der Waals surface area contributed by atoms with Gasteiger partial charge in [-0.25, -0.2) is 10.0 Å². The number of hydrazine groups is 1. The first kappa shape index (κ1) is 7.76. The molecule has 0 bridgehead atoms. The first-order chi connectivity index (χ1) is 4.60. The minimum absolute atomic E-state index is 0.318. The van der Waals surface area contributed by atoms with Crippen LogP contribution in [-0.2, 0) is 0 Å². The Balaban J connectivity index is 2.48. The molecule has 2 atom stereocenters. The lowest BCUT2D eigenvalue weighted by molar-refractivity contribution is 0.136. The van der Waals surface area contributed by atoms with E-state index < -0.39 is 0 Å². The van der Waals surface area contributed by atoms with Crippen LogP contribution < -0.4 is 0 Å². The Morgan fingerprint density at radius 2 is 2.10 bits per heavy atom. The van der Waals surface area contributed by atoms with Crippen LogP contribution in [-0.4, -0.2) is 36.2 Å². The fourth-order valence-electron chi connectivity index (χ4n) is 1.36. The molecule has 0 N–H and O–H groups in total. The predicted molar refractivity (Wildman–Crippen MR) is 43.6 cm³/mol. The number of nitrogens with zero attached hydrogens (tertiary/aromatic N) is 2. The van der Waals surface area contributed by atoms with Crippen molar-refractivity contribution in [2.45, 2.75) is 19.4 Å². The molecule has 10 heavy (non-hydrogen) atoms. The van der Waals surface area contributed by atoms with Gasteiger partial charge in [-0.1, -0.05) is 12.2 Å². The molecule has 0 aromatic heterocycles. The van der Waals surface area contributed by atoms with Crippen LogP contribution in [0.5, 0.6) is 0 Å². The highest BCUT2D eigenvalue weighted by Gasteiger charge is 2.46. The highest BCUT2D eigenvalue weighted by Crippen LogP contribution is 2.33. The van der Waals surface area contributed by atoms with Gasteiger partial charge in [0.05, 0.1) is 5.54 Å². The average molecular weight is 140 g/mol. The van der Waals surface area contributed by atoms with E-state index in [-0.39, 0.29) is 0 Å². The van der Waals surface area contributed by atoms with E-state index in [1.54, 1.807) is 0 Å². The van der Waals surface area contributed by atoms with Crippen LogP contribution in [0.2, 0.25) is 0 Å². The second-order valence-corrected chi connectivity index (χ2v) is 3.26. The van der Waals surface area contributed by atoms with Crippen molar-refractivity contribution >= 4 is 0 Å². The molecule has 0 aromatic rings. The second kappa shape index (κ2) is 2.36. The van der Waals surface area contributed by atoms with Crippen molar-refractivity contribution in [2.24, 2.45) is 0 Å². The number of hydrogen-bond acceptors (Lipinski definition) is 2. The van der Waals surface area contributed by atoms with E-state index >= 15 is 0 Å². The van der Waals surface area contributed by atoms with Crippen molar-refractivity contribution in [1.29, 1.82) is 0 Å². The van der Waals surface area contributed by atoms with Gasteiger partial charge in [-0.05, 0) is 13.8 Å². The summed E-state index contributed by atoms with van der Waals surface area (Å²) in [6.45, 7) is 5.47. The Labute approximate surface area is 63.1 Å². The van der Waals surface area contributed by atoms with E-state index in [2.05, 4.69) is 50.1 Å². The van der Waals surface area contributed by atoms with Crippen molar-refractivity contribution in [1.82, 2.24) is 10.0 Å². The Hall–Kier alpha value is -0.340. The van der Waals surface area contributed by atoms with Gasteiger partial charge in [0.1, 0.15) is 0 Å².